The summed E-state index contributed by atoms with van der Waals surface area (Å²) in [4.78, 5) is 11.4. The maximum Gasteiger partial charge on any atom is 0.173 e. The molecule has 1 rings (SSSR count). The molecular weight excluding hydrogens is 373 g/mol. The molecule has 0 aliphatic rings. The molecule has 0 aliphatic carbocycles. The lowest BCUT2D eigenvalue weighted by atomic mass is 10.1. The number of halogens is 2. The predicted molar refractivity (Wildman–Crippen MR) is 68.6 cm³/mol. The molecule has 5 heteroatoms. The summed E-state index contributed by atoms with van der Waals surface area (Å²) in [6.45, 7) is 0. The molecule has 0 spiro atoms. The van der Waals surface area contributed by atoms with E-state index in [1.165, 1.54) is 7.11 Å². The molecular formula is C10H7BrINO2. The molecule has 1 aromatic rings. The number of carbonyl (C=O) groups excluding carboxylic acids is 1. The minimum atomic E-state index is -0.0490. The van der Waals surface area contributed by atoms with Crippen LogP contribution < -0.4 is 4.74 Å². The van der Waals surface area contributed by atoms with Crippen molar-refractivity contribution >= 4 is 44.3 Å². The summed E-state index contributed by atoms with van der Waals surface area (Å²) in [6, 6.07) is 5.27. The summed E-state index contributed by atoms with van der Waals surface area (Å²) in [5.41, 5.74) is 0.905. The molecule has 0 amide bonds. The Morgan fingerprint density at radius 3 is 2.80 bits per heavy atom. The Labute approximate surface area is 110 Å². The summed E-state index contributed by atoms with van der Waals surface area (Å²) in [5.74, 6) is 0.469. The minimum Gasteiger partial charge on any atom is -0.494 e. The van der Waals surface area contributed by atoms with Gasteiger partial charge in [0.15, 0.2) is 5.78 Å². The Morgan fingerprint density at radius 1 is 1.67 bits per heavy atom. The van der Waals surface area contributed by atoms with Gasteiger partial charge < -0.3 is 4.74 Å². The van der Waals surface area contributed by atoms with Crippen molar-refractivity contribution in [1.29, 1.82) is 5.26 Å². The number of methoxy groups -OCH3 is 1. The first-order chi connectivity index (χ1) is 7.13. The van der Waals surface area contributed by atoms with Crippen molar-refractivity contribution in [1.82, 2.24) is 0 Å². The highest BCUT2D eigenvalue weighted by atomic mass is 127. The van der Waals surface area contributed by atoms with Crippen LogP contribution >= 0.6 is 38.5 Å². The van der Waals surface area contributed by atoms with Gasteiger partial charge in [0.05, 0.1) is 21.6 Å². The number of nitrogens with zero attached hydrogens (tertiary/aromatic N) is 1. The molecule has 0 saturated heterocycles. The second kappa shape index (κ2) is 5.47. The fourth-order valence-electron chi connectivity index (χ4n) is 1.12. The lowest BCUT2D eigenvalue weighted by molar-refractivity contribution is 0.102. The van der Waals surface area contributed by atoms with Crippen LogP contribution in [0.4, 0.5) is 0 Å². The molecule has 0 aromatic heterocycles. The van der Waals surface area contributed by atoms with E-state index in [0.717, 1.165) is 3.57 Å². The van der Waals surface area contributed by atoms with Crippen LogP contribution in [0.5, 0.6) is 5.75 Å². The van der Waals surface area contributed by atoms with Gasteiger partial charge in [-0.05, 0) is 34.7 Å². The van der Waals surface area contributed by atoms with Crippen LogP contribution in [-0.4, -0.2) is 18.2 Å². The monoisotopic (exact) mass is 379 g/mol. The van der Waals surface area contributed by atoms with E-state index in [-0.39, 0.29) is 11.1 Å². The average molecular weight is 380 g/mol. The Kier molecular flexibility index (Phi) is 4.54. The second-order valence-corrected chi connectivity index (χ2v) is 4.43. The standard InChI is InChI=1S/C10H7BrINO2/c1-15-10-7(5-13)2-6(3-8(10)12)9(14)4-11/h2-3H,4H2,1H3. The van der Waals surface area contributed by atoms with Gasteiger partial charge in [0.1, 0.15) is 11.8 Å². The first-order valence-electron chi connectivity index (χ1n) is 4.00. The Hall–Kier alpha value is -0.610. The van der Waals surface area contributed by atoms with Gasteiger partial charge >= 0.3 is 0 Å². The van der Waals surface area contributed by atoms with E-state index in [0.29, 0.717) is 16.9 Å². The van der Waals surface area contributed by atoms with Crippen molar-refractivity contribution < 1.29 is 9.53 Å². The third kappa shape index (κ3) is 2.69. The number of rotatable bonds is 3. The lowest BCUT2D eigenvalue weighted by Gasteiger charge is -2.07. The van der Waals surface area contributed by atoms with E-state index in [1.54, 1.807) is 12.1 Å². The lowest BCUT2D eigenvalue weighted by Crippen LogP contribution is -2.02. The van der Waals surface area contributed by atoms with E-state index in [9.17, 15) is 4.79 Å². The molecule has 0 heterocycles. The first-order valence-corrected chi connectivity index (χ1v) is 6.20. The van der Waals surface area contributed by atoms with Gasteiger partial charge in [0.2, 0.25) is 0 Å². The highest BCUT2D eigenvalue weighted by Crippen LogP contribution is 2.27. The van der Waals surface area contributed by atoms with Gasteiger partial charge in [-0.1, -0.05) is 15.9 Å². The van der Waals surface area contributed by atoms with Crippen LogP contribution in [0.1, 0.15) is 15.9 Å². The zero-order valence-corrected chi connectivity index (χ0v) is 11.6. The van der Waals surface area contributed by atoms with Gasteiger partial charge in [0.25, 0.3) is 0 Å². The molecule has 0 saturated carbocycles. The Balaban J connectivity index is 3.33. The molecule has 0 radical (unpaired) electrons. The normalized spacial score (nSPS) is 9.47. The number of hydrogen-bond acceptors (Lipinski definition) is 3. The van der Waals surface area contributed by atoms with Gasteiger partial charge in [-0.15, -0.1) is 0 Å². The predicted octanol–water partition coefficient (Wildman–Crippen LogP) is 2.75. The van der Waals surface area contributed by atoms with Crippen molar-refractivity contribution in [3.8, 4) is 11.8 Å². The Morgan fingerprint density at radius 2 is 2.33 bits per heavy atom. The molecule has 0 N–H and O–H groups in total. The number of carbonyl (C=O) groups is 1. The number of benzene rings is 1. The van der Waals surface area contributed by atoms with Crippen LogP contribution in [0.15, 0.2) is 12.1 Å². The maximum atomic E-state index is 11.4. The van der Waals surface area contributed by atoms with Crippen LogP contribution in [0.25, 0.3) is 0 Å². The molecule has 0 unspecified atom stereocenters. The van der Waals surface area contributed by atoms with E-state index >= 15 is 0 Å². The third-order valence-electron chi connectivity index (χ3n) is 1.81. The van der Waals surface area contributed by atoms with Crippen molar-refractivity contribution in [3.63, 3.8) is 0 Å². The van der Waals surface area contributed by atoms with Crippen LogP contribution in [-0.2, 0) is 0 Å². The fraction of sp³-hybridized carbons (Fsp3) is 0.200. The fourth-order valence-corrected chi connectivity index (χ4v) is 2.29. The van der Waals surface area contributed by atoms with Gasteiger partial charge in [-0.2, -0.15) is 5.26 Å². The van der Waals surface area contributed by atoms with Gasteiger partial charge in [0, 0.05) is 5.56 Å². The van der Waals surface area contributed by atoms with E-state index in [1.807, 2.05) is 28.7 Å². The zero-order chi connectivity index (χ0) is 11.4. The van der Waals surface area contributed by atoms with Crippen molar-refractivity contribution in [2.75, 3.05) is 12.4 Å². The summed E-state index contributed by atoms with van der Waals surface area (Å²) >= 11 is 5.13. The van der Waals surface area contributed by atoms with Crippen LogP contribution in [0.2, 0.25) is 0 Å². The average Bonchev–Trinajstić information content (AvgIpc) is 2.26. The number of nitriles is 1. The molecule has 3 nitrogen and oxygen atoms in total. The number of ether oxygens (including phenoxy) is 1. The third-order valence-corrected chi connectivity index (χ3v) is 3.12. The quantitative estimate of drug-likeness (QED) is 0.461. The maximum absolute atomic E-state index is 11.4. The van der Waals surface area contributed by atoms with E-state index < -0.39 is 0 Å². The van der Waals surface area contributed by atoms with Crippen molar-refractivity contribution in [3.05, 3.63) is 26.8 Å². The van der Waals surface area contributed by atoms with Crippen molar-refractivity contribution in [2.45, 2.75) is 0 Å². The second-order valence-electron chi connectivity index (χ2n) is 2.71. The van der Waals surface area contributed by atoms with Crippen LogP contribution in [0, 0.1) is 14.9 Å². The zero-order valence-electron chi connectivity index (χ0n) is 7.88. The summed E-state index contributed by atoms with van der Waals surface area (Å²) in [6.07, 6.45) is 0. The molecule has 78 valence electrons. The van der Waals surface area contributed by atoms with Crippen molar-refractivity contribution in [2.24, 2.45) is 0 Å². The van der Waals surface area contributed by atoms with E-state index in [2.05, 4.69) is 15.9 Å². The molecule has 0 fully saturated rings. The number of hydrogen-bond donors (Lipinski definition) is 0. The van der Waals surface area contributed by atoms with Crippen LogP contribution in [0.3, 0.4) is 0 Å². The number of ketones is 1. The molecule has 0 aliphatic heterocycles. The topological polar surface area (TPSA) is 50.1 Å². The van der Waals surface area contributed by atoms with E-state index in [4.69, 9.17) is 10.00 Å². The summed E-state index contributed by atoms with van der Waals surface area (Å²) < 4.78 is 5.84. The largest absolute Gasteiger partial charge is 0.494 e. The smallest absolute Gasteiger partial charge is 0.173 e. The molecule has 15 heavy (non-hydrogen) atoms. The number of alkyl halides is 1. The first kappa shape index (κ1) is 12.5. The summed E-state index contributed by atoms with van der Waals surface area (Å²) in [7, 11) is 1.50. The SMILES string of the molecule is COc1c(I)cc(C(=O)CBr)cc1C#N. The minimum absolute atomic E-state index is 0.0490. The Bertz CT molecular complexity index is 440. The summed E-state index contributed by atoms with van der Waals surface area (Å²) in [5, 5.41) is 9.15. The van der Waals surface area contributed by atoms with Gasteiger partial charge in [-0.3, -0.25) is 4.79 Å². The van der Waals surface area contributed by atoms with Gasteiger partial charge in [-0.25, -0.2) is 0 Å². The molecule has 1 aromatic carbocycles. The highest BCUT2D eigenvalue weighted by Gasteiger charge is 2.13. The molecule has 0 atom stereocenters. The number of Topliss-reactive ketones (excluding diaryl/α,β-unsaturated/α-hetero) is 1. The highest BCUT2D eigenvalue weighted by molar-refractivity contribution is 14.1. The molecule has 0 bridgehead atoms.